The minimum absolute atomic E-state index is 0.145. The van der Waals surface area contributed by atoms with Gasteiger partial charge >= 0.3 is 0 Å². The van der Waals surface area contributed by atoms with Gasteiger partial charge in [0.15, 0.2) is 0 Å². The molecule has 2 N–H and O–H groups in total. The molecule has 0 saturated carbocycles. The number of aromatic nitrogens is 1. The normalized spacial score (nSPS) is 16.9. The first kappa shape index (κ1) is 20.0. The van der Waals surface area contributed by atoms with E-state index in [9.17, 15) is 14.0 Å². The second-order valence-electron chi connectivity index (χ2n) is 7.11. The van der Waals surface area contributed by atoms with Gasteiger partial charge in [0, 0.05) is 29.9 Å². The van der Waals surface area contributed by atoms with Gasteiger partial charge in [-0.2, -0.15) is 0 Å². The van der Waals surface area contributed by atoms with Crippen LogP contribution in [0.1, 0.15) is 41.2 Å². The van der Waals surface area contributed by atoms with Gasteiger partial charge in [-0.05, 0) is 43.4 Å². The van der Waals surface area contributed by atoms with Gasteiger partial charge in [-0.1, -0.05) is 13.8 Å². The third-order valence-corrected chi connectivity index (χ3v) is 5.37. The molecule has 2 aliphatic rings. The molecular weight excluding hydrogens is 387 g/mol. The fourth-order valence-electron chi connectivity index (χ4n) is 3.69. The molecule has 8 heteroatoms. The number of likely N-dealkylation sites (N-methyl/N-ethyl adjacent to an activating group) is 1. The lowest BCUT2D eigenvalue weighted by Gasteiger charge is -2.17. The number of halogens is 1. The third kappa shape index (κ3) is 3.66. The van der Waals surface area contributed by atoms with Crippen LogP contribution in [-0.4, -0.2) is 47.9 Å². The number of anilines is 1. The molecule has 30 heavy (non-hydrogen) atoms. The molecule has 0 aliphatic carbocycles. The molecule has 0 unspecified atom stereocenters. The Morgan fingerprint density at radius 2 is 2.03 bits per heavy atom. The first-order chi connectivity index (χ1) is 14.5. The molecule has 0 spiro atoms. The van der Waals surface area contributed by atoms with Crippen LogP contribution in [0.3, 0.4) is 0 Å². The van der Waals surface area contributed by atoms with E-state index in [-0.39, 0.29) is 24.0 Å². The zero-order valence-corrected chi connectivity index (χ0v) is 16.9. The van der Waals surface area contributed by atoms with Gasteiger partial charge in [-0.3, -0.25) is 9.59 Å². The van der Waals surface area contributed by atoms with Crippen LogP contribution < -0.4 is 10.6 Å². The Labute approximate surface area is 173 Å². The summed E-state index contributed by atoms with van der Waals surface area (Å²) in [5, 5.41) is 5.60. The van der Waals surface area contributed by atoms with Gasteiger partial charge < -0.3 is 20.3 Å². The predicted molar refractivity (Wildman–Crippen MR) is 111 cm³/mol. The molecule has 7 nitrogen and oxygen atoms in total. The highest BCUT2D eigenvalue weighted by molar-refractivity contribution is 6.36. The van der Waals surface area contributed by atoms with E-state index < -0.39 is 5.82 Å². The van der Waals surface area contributed by atoms with Crippen LogP contribution >= 0.6 is 0 Å². The highest BCUT2D eigenvalue weighted by Gasteiger charge is 2.33. The topological polar surface area (TPSA) is 83.6 Å². The summed E-state index contributed by atoms with van der Waals surface area (Å²) in [6.45, 7) is 7.47. The van der Waals surface area contributed by atoms with E-state index in [1.54, 1.807) is 12.1 Å². The quantitative estimate of drug-likeness (QED) is 0.716. The van der Waals surface area contributed by atoms with Crippen molar-refractivity contribution in [3.8, 4) is 0 Å². The Hall–Kier alpha value is -3.26. The predicted octanol–water partition coefficient (Wildman–Crippen LogP) is 2.64. The molecule has 0 saturated heterocycles. The number of nitrogens with one attached hydrogen (secondary N) is 2. The molecule has 0 radical (unpaired) electrons. The van der Waals surface area contributed by atoms with E-state index in [1.165, 1.54) is 18.2 Å². The molecule has 0 atom stereocenters. The molecule has 2 aromatic rings. The zero-order chi connectivity index (χ0) is 21.3. The smallest absolute Gasteiger partial charge is 0.269 e. The van der Waals surface area contributed by atoms with E-state index >= 15 is 0 Å². The average Bonchev–Trinajstić information content (AvgIpc) is 3.29. The van der Waals surface area contributed by atoms with Crippen molar-refractivity contribution in [2.24, 2.45) is 0 Å². The number of hydrogen-bond donors (Lipinski definition) is 2. The first-order valence-corrected chi connectivity index (χ1v) is 10.0. The van der Waals surface area contributed by atoms with E-state index in [4.69, 9.17) is 4.74 Å². The van der Waals surface area contributed by atoms with Crippen molar-refractivity contribution >= 4 is 28.8 Å². The van der Waals surface area contributed by atoms with Crippen LogP contribution in [-0.2, 0) is 16.1 Å². The Kier molecular flexibility index (Phi) is 5.50. The molecule has 1 aromatic heterocycles. The number of carbonyl (C=O) groups is 2. The summed E-state index contributed by atoms with van der Waals surface area (Å²) in [5.41, 5.74) is 2.79. The number of carbonyl (C=O) groups excluding carboxylic acids is 2. The van der Waals surface area contributed by atoms with E-state index in [2.05, 4.69) is 34.4 Å². The van der Waals surface area contributed by atoms with E-state index in [0.29, 0.717) is 40.5 Å². The Bertz CT molecular complexity index is 1050. The Morgan fingerprint density at radius 1 is 1.23 bits per heavy atom. The lowest BCUT2D eigenvalue weighted by molar-refractivity contribution is -0.110. The monoisotopic (exact) mass is 410 g/mol. The number of pyridine rings is 1. The van der Waals surface area contributed by atoms with Crippen LogP contribution in [0.25, 0.3) is 11.3 Å². The summed E-state index contributed by atoms with van der Waals surface area (Å²) in [4.78, 5) is 31.6. The number of benzene rings is 1. The van der Waals surface area contributed by atoms with Crippen molar-refractivity contribution in [3.05, 3.63) is 58.7 Å². The Balaban J connectivity index is 1.56. The van der Waals surface area contributed by atoms with Gasteiger partial charge in [0.05, 0.1) is 11.3 Å². The second-order valence-corrected chi connectivity index (χ2v) is 7.11. The SMILES string of the molecule is CCN(CC)CCNC(=O)c1ccc2c(n1)COC2=C1C(=O)Nc2ccc(F)cc21. The van der Waals surface area contributed by atoms with Crippen molar-refractivity contribution in [3.63, 3.8) is 0 Å². The average molecular weight is 410 g/mol. The standard InChI is InChI=1S/C22H23FN4O3/c1-3-27(4-2)10-9-24-21(28)17-8-6-14-18(25-17)12-30-20(14)19-15-11-13(23)5-7-16(15)26-22(19)29/h5-8,11H,3-4,9-10,12H2,1-2H3,(H,24,28)(H,26,29). The van der Waals surface area contributed by atoms with Gasteiger partial charge in [0.25, 0.3) is 11.8 Å². The lowest BCUT2D eigenvalue weighted by atomic mass is 10.0. The van der Waals surface area contributed by atoms with E-state index in [1.807, 2.05) is 0 Å². The largest absolute Gasteiger partial charge is 0.486 e. The highest BCUT2D eigenvalue weighted by Crippen LogP contribution is 2.41. The molecular formula is C22H23FN4O3. The molecule has 2 amide bonds. The van der Waals surface area contributed by atoms with Crippen LogP contribution in [0.15, 0.2) is 30.3 Å². The fourth-order valence-corrected chi connectivity index (χ4v) is 3.69. The number of ether oxygens (including phenoxy) is 1. The summed E-state index contributed by atoms with van der Waals surface area (Å²) in [7, 11) is 0. The number of fused-ring (bicyclic) bond motifs is 2. The number of nitrogens with zero attached hydrogens (tertiary/aromatic N) is 2. The molecule has 156 valence electrons. The maximum absolute atomic E-state index is 13.7. The maximum atomic E-state index is 13.7. The summed E-state index contributed by atoms with van der Waals surface area (Å²) in [5.74, 6) is -0.682. The van der Waals surface area contributed by atoms with Crippen molar-refractivity contribution in [2.45, 2.75) is 20.5 Å². The van der Waals surface area contributed by atoms with Crippen molar-refractivity contribution in [1.82, 2.24) is 15.2 Å². The lowest BCUT2D eigenvalue weighted by Crippen LogP contribution is -2.35. The molecule has 4 rings (SSSR count). The zero-order valence-electron chi connectivity index (χ0n) is 16.9. The summed E-state index contributed by atoms with van der Waals surface area (Å²) >= 11 is 0. The second kappa shape index (κ2) is 8.23. The molecule has 1 aromatic carbocycles. The number of hydrogen-bond acceptors (Lipinski definition) is 5. The van der Waals surface area contributed by atoms with Crippen molar-refractivity contribution in [1.29, 1.82) is 0 Å². The Morgan fingerprint density at radius 3 is 2.80 bits per heavy atom. The molecule has 0 fully saturated rings. The van der Waals surface area contributed by atoms with Gasteiger partial charge in [0.1, 0.15) is 23.9 Å². The number of amides is 2. The van der Waals surface area contributed by atoms with Crippen molar-refractivity contribution < 1.29 is 18.7 Å². The van der Waals surface area contributed by atoms with Gasteiger partial charge in [0.2, 0.25) is 0 Å². The summed E-state index contributed by atoms with van der Waals surface area (Å²) in [6.07, 6.45) is 0. The summed E-state index contributed by atoms with van der Waals surface area (Å²) in [6, 6.07) is 7.46. The van der Waals surface area contributed by atoms with E-state index in [0.717, 1.165) is 19.6 Å². The fraction of sp³-hybridized carbons (Fsp3) is 0.318. The first-order valence-electron chi connectivity index (χ1n) is 10.0. The molecule has 2 aliphatic heterocycles. The minimum Gasteiger partial charge on any atom is -0.486 e. The molecule has 0 bridgehead atoms. The minimum atomic E-state index is -0.434. The maximum Gasteiger partial charge on any atom is 0.269 e. The van der Waals surface area contributed by atoms with Crippen LogP contribution in [0, 0.1) is 5.82 Å². The highest BCUT2D eigenvalue weighted by atomic mass is 19.1. The van der Waals surface area contributed by atoms with Crippen LogP contribution in [0.4, 0.5) is 10.1 Å². The molecule has 3 heterocycles. The van der Waals surface area contributed by atoms with Crippen LogP contribution in [0.2, 0.25) is 0 Å². The van der Waals surface area contributed by atoms with Gasteiger partial charge in [-0.15, -0.1) is 0 Å². The number of rotatable bonds is 6. The summed E-state index contributed by atoms with van der Waals surface area (Å²) < 4.78 is 19.5. The van der Waals surface area contributed by atoms with Crippen LogP contribution in [0.5, 0.6) is 0 Å². The van der Waals surface area contributed by atoms with Crippen molar-refractivity contribution in [2.75, 3.05) is 31.5 Å². The third-order valence-electron chi connectivity index (χ3n) is 5.37. The van der Waals surface area contributed by atoms with Gasteiger partial charge in [-0.25, -0.2) is 9.37 Å².